The number of rotatable bonds is 3. The van der Waals surface area contributed by atoms with Crippen molar-refractivity contribution < 1.29 is 4.74 Å². The zero-order valence-electron chi connectivity index (χ0n) is 5.61. The van der Waals surface area contributed by atoms with Crippen LogP contribution in [0.1, 0.15) is 13.8 Å². The van der Waals surface area contributed by atoms with E-state index in [1.54, 1.807) is 0 Å². The van der Waals surface area contributed by atoms with E-state index in [0.717, 1.165) is 6.61 Å². The molecule has 1 heteroatoms. The summed E-state index contributed by atoms with van der Waals surface area (Å²) in [4.78, 5) is 0. The summed E-state index contributed by atoms with van der Waals surface area (Å²) >= 11 is 0. The Kier molecular flexibility index (Phi) is 4.67. The van der Waals surface area contributed by atoms with Crippen molar-refractivity contribution in [3.63, 3.8) is 0 Å². The van der Waals surface area contributed by atoms with Gasteiger partial charge in [-0.3, -0.25) is 0 Å². The minimum Gasteiger partial charge on any atom is -0.377 e. The first kappa shape index (κ1) is 7.70. The predicted octanol–water partition coefficient (Wildman–Crippen LogP) is 1.80. The maximum absolute atomic E-state index is 5.01. The quantitative estimate of drug-likeness (QED) is 0.507. The van der Waals surface area contributed by atoms with Crippen LogP contribution in [0.4, 0.5) is 0 Å². The van der Waals surface area contributed by atoms with E-state index in [0.29, 0.717) is 6.61 Å². The topological polar surface area (TPSA) is 9.23 Å². The molecule has 47 valence electrons. The van der Waals surface area contributed by atoms with Crippen molar-refractivity contribution in [3.05, 3.63) is 18.6 Å². The van der Waals surface area contributed by atoms with E-state index in [1.165, 1.54) is 5.57 Å². The van der Waals surface area contributed by atoms with Crippen molar-refractivity contribution in [2.24, 2.45) is 0 Å². The summed E-state index contributed by atoms with van der Waals surface area (Å²) in [5, 5.41) is 0. The molecular formula is C7H13O. The third-order valence-electron chi connectivity index (χ3n) is 0.967. The van der Waals surface area contributed by atoms with E-state index < -0.39 is 0 Å². The zero-order valence-corrected chi connectivity index (χ0v) is 5.61. The van der Waals surface area contributed by atoms with Crippen LogP contribution in [0.15, 0.2) is 11.6 Å². The summed E-state index contributed by atoms with van der Waals surface area (Å²) in [6.45, 7) is 8.86. The number of hydrogen-bond donors (Lipinski definition) is 0. The second-order valence-corrected chi connectivity index (χ2v) is 1.69. The van der Waals surface area contributed by atoms with Crippen LogP contribution in [0.5, 0.6) is 0 Å². The monoisotopic (exact) mass is 113 g/mol. The molecule has 0 unspecified atom stereocenters. The zero-order chi connectivity index (χ0) is 6.41. The highest BCUT2D eigenvalue weighted by molar-refractivity contribution is 4.95. The molecule has 8 heavy (non-hydrogen) atoms. The second-order valence-electron chi connectivity index (χ2n) is 1.69. The average Bonchev–Trinajstić information content (AvgIpc) is 1.83. The van der Waals surface area contributed by atoms with Crippen molar-refractivity contribution >= 4 is 0 Å². The average molecular weight is 113 g/mol. The molecule has 0 aliphatic carbocycles. The third-order valence-corrected chi connectivity index (χ3v) is 0.967. The smallest absolute Gasteiger partial charge is 0.0673 e. The first-order chi connectivity index (χ1) is 3.81. The molecule has 0 aromatic rings. The van der Waals surface area contributed by atoms with Gasteiger partial charge in [-0.05, 0) is 20.8 Å². The van der Waals surface area contributed by atoms with Crippen molar-refractivity contribution in [2.75, 3.05) is 13.2 Å². The number of ether oxygens (including phenoxy) is 1. The molecule has 0 spiro atoms. The van der Waals surface area contributed by atoms with Gasteiger partial charge in [-0.1, -0.05) is 11.6 Å². The Hall–Kier alpha value is -0.300. The van der Waals surface area contributed by atoms with Crippen LogP contribution < -0.4 is 0 Å². The van der Waals surface area contributed by atoms with Crippen molar-refractivity contribution in [3.8, 4) is 0 Å². The highest BCUT2D eigenvalue weighted by Crippen LogP contribution is 1.90. The maximum atomic E-state index is 5.01. The summed E-state index contributed by atoms with van der Waals surface area (Å²) in [5.41, 5.74) is 1.26. The molecule has 0 atom stereocenters. The lowest BCUT2D eigenvalue weighted by Gasteiger charge is -1.97. The van der Waals surface area contributed by atoms with Gasteiger partial charge in [-0.25, -0.2) is 0 Å². The van der Waals surface area contributed by atoms with Crippen LogP contribution in [0.25, 0.3) is 0 Å². The Bertz CT molecular complexity index is 74.5. The molecule has 0 aliphatic rings. The van der Waals surface area contributed by atoms with Gasteiger partial charge in [0.2, 0.25) is 0 Å². The number of allylic oxidation sites excluding steroid dienone is 1. The van der Waals surface area contributed by atoms with Crippen molar-refractivity contribution in [2.45, 2.75) is 13.8 Å². The normalized spacial score (nSPS) is 12.1. The molecule has 1 radical (unpaired) electrons. The molecule has 0 saturated heterocycles. The standard InChI is InChI=1S/C7H13O/c1-4-7(3)6-8-5-2/h4H,2,5-6H2,1,3H3. The van der Waals surface area contributed by atoms with Crippen LogP contribution in [-0.4, -0.2) is 13.2 Å². The summed E-state index contributed by atoms with van der Waals surface area (Å²) in [7, 11) is 0. The van der Waals surface area contributed by atoms with E-state index in [2.05, 4.69) is 6.92 Å². The highest BCUT2D eigenvalue weighted by atomic mass is 16.5. The Morgan fingerprint density at radius 2 is 2.38 bits per heavy atom. The van der Waals surface area contributed by atoms with Crippen molar-refractivity contribution in [1.29, 1.82) is 0 Å². The maximum Gasteiger partial charge on any atom is 0.0673 e. The third kappa shape index (κ3) is 3.88. The molecule has 0 aromatic heterocycles. The van der Waals surface area contributed by atoms with Gasteiger partial charge >= 0.3 is 0 Å². The van der Waals surface area contributed by atoms with Crippen LogP contribution in [-0.2, 0) is 4.74 Å². The van der Waals surface area contributed by atoms with Gasteiger partial charge in [-0.15, -0.1) is 0 Å². The fraction of sp³-hybridized carbons (Fsp3) is 0.571. The molecule has 0 aliphatic heterocycles. The minimum atomic E-state index is 0.561. The fourth-order valence-corrected chi connectivity index (χ4v) is 0.316. The summed E-state index contributed by atoms with van der Waals surface area (Å²) in [6.07, 6.45) is 2.04. The summed E-state index contributed by atoms with van der Waals surface area (Å²) in [6, 6.07) is 0. The molecule has 0 N–H and O–H groups in total. The molecule has 0 fully saturated rings. The highest BCUT2D eigenvalue weighted by Gasteiger charge is 1.82. The molecule has 0 bridgehead atoms. The van der Waals surface area contributed by atoms with E-state index in [1.807, 2.05) is 19.9 Å². The molecule has 1 nitrogen and oxygen atoms in total. The van der Waals surface area contributed by atoms with Crippen LogP contribution in [0.2, 0.25) is 0 Å². The first-order valence-corrected chi connectivity index (χ1v) is 2.80. The van der Waals surface area contributed by atoms with Crippen LogP contribution in [0.3, 0.4) is 0 Å². The molecule has 0 heterocycles. The van der Waals surface area contributed by atoms with E-state index in [4.69, 9.17) is 4.74 Å². The van der Waals surface area contributed by atoms with Gasteiger partial charge in [-0.2, -0.15) is 0 Å². The van der Waals surface area contributed by atoms with E-state index >= 15 is 0 Å². The predicted molar refractivity (Wildman–Crippen MR) is 35.6 cm³/mol. The summed E-state index contributed by atoms with van der Waals surface area (Å²) < 4.78 is 5.01. The molecule has 0 saturated carbocycles. The first-order valence-electron chi connectivity index (χ1n) is 2.80. The Balaban J connectivity index is 3.12. The molecule has 0 rings (SSSR count). The Labute approximate surface area is 51.4 Å². The lowest BCUT2D eigenvalue weighted by molar-refractivity contribution is 0.185. The van der Waals surface area contributed by atoms with Gasteiger partial charge in [0.1, 0.15) is 0 Å². The van der Waals surface area contributed by atoms with Crippen LogP contribution >= 0.6 is 0 Å². The lowest BCUT2D eigenvalue weighted by Crippen LogP contribution is -1.93. The fourth-order valence-electron chi connectivity index (χ4n) is 0.316. The minimum absolute atomic E-state index is 0.561. The Morgan fingerprint density at radius 1 is 1.75 bits per heavy atom. The Morgan fingerprint density at radius 3 is 2.75 bits per heavy atom. The lowest BCUT2D eigenvalue weighted by atomic mass is 10.3. The van der Waals surface area contributed by atoms with Crippen molar-refractivity contribution in [1.82, 2.24) is 0 Å². The molecule has 0 amide bonds. The largest absolute Gasteiger partial charge is 0.377 e. The van der Waals surface area contributed by atoms with E-state index in [9.17, 15) is 0 Å². The van der Waals surface area contributed by atoms with Gasteiger partial charge in [0.05, 0.1) is 6.61 Å². The SMILES string of the molecule is [CH2]COCC(C)=CC. The van der Waals surface area contributed by atoms with Gasteiger partial charge in [0.25, 0.3) is 0 Å². The van der Waals surface area contributed by atoms with Gasteiger partial charge in [0, 0.05) is 6.61 Å². The molecule has 0 aromatic carbocycles. The van der Waals surface area contributed by atoms with E-state index in [-0.39, 0.29) is 0 Å². The molecular weight excluding hydrogens is 100 g/mol. The van der Waals surface area contributed by atoms with Crippen LogP contribution in [0, 0.1) is 6.92 Å². The summed E-state index contributed by atoms with van der Waals surface area (Å²) in [5.74, 6) is 0. The number of hydrogen-bond acceptors (Lipinski definition) is 1. The van der Waals surface area contributed by atoms with Gasteiger partial charge in [0.15, 0.2) is 0 Å². The second kappa shape index (κ2) is 4.85. The van der Waals surface area contributed by atoms with Gasteiger partial charge < -0.3 is 4.74 Å².